The predicted molar refractivity (Wildman–Crippen MR) is 49.9 cm³/mol. The van der Waals surface area contributed by atoms with Crippen LogP contribution < -0.4 is 4.74 Å². The first kappa shape index (κ1) is 10.9. The lowest BCUT2D eigenvalue weighted by Crippen LogP contribution is -2.18. The van der Waals surface area contributed by atoms with Crippen molar-refractivity contribution in [1.82, 2.24) is 9.97 Å². The second-order valence-electron chi connectivity index (χ2n) is 2.89. The molecule has 1 unspecified atom stereocenters. The fourth-order valence-corrected chi connectivity index (χ4v) is 0.994. The number of rotatable bonds is 5. The smallest absolute Gasteiger partial charge is 0.232 e. The van der Waals surface area contributed by atoms with Crippen LogP contribution in [0.1, 0.15) is 12.6 Å². The van der Waals surface area contributed by atoms with Crippen LogP contribution in [-0.2, 0) is 11.3 Å². The van der Waals surface area contributed by atoms with Crippen molar-refractivity contribution in [3.8, 4) is 5.88 Å². The van der Waals surface area contributed by atoms with Gasteiger partial charge in [0.2, 0.25) is 5.88 Å². The molecule has 1 aromatic rings. The number of nitrogens with zero attached hydrogens (tertiary/aromatic N) is 2. The summed E-state index contributed by atoms with van der Waals surface area (Å²) in [6.07, 6.45) is 2.92. The summed E-state index contributed by atoms with van der Waals surface area (Å²) in [5, 5.41) is 8.82. The predicted octanol–water partition coefficient (Wildman–Crippen LogP) is 0.383. The molecule has 0 aromatic carbocycles. The molecule has 0 saturated heterocycles. The monoisotopic (exact) mass is 198 g/mol. The highest BCUT2D eigenvalue weighted by Crippen LogP contribution is 2.07. The van der Waals surface area contributed by atoms with Crippen molar-refractivity contribution < 1.29 is 14.6 Å². The zero-order valence-electron chi connectivity index (χ0n) is 8.30. The van der Waals surface area contributed by atoms with Crippen molar-refractivity contribution in [2.45, 2.75) is 19.6 Å². The van der Waals surface area contributed by atoms with Gasteiger partial charge in [-0.15, -0.1) is 0 Å². The second kappa shape index (κ2) is 5.51. The molecule has 0 aliphatic rings. The third-order valence-electron chi connectivity index (χ3n) is 1.55. The van der Waals surface area contributed by atoms with E-state index in [0.29, 0.717) is 18.2 Å². The second-order valence-corrected chi connectivity index (χ2v) is 2.89. The molecular weight excluding hydrogens is 184 g/mol. The summed E-state index contributed by atoms with van der Waals surface area (Å²) in [6, 6.07) is 0. The first-order chi connectivity index (χ1) is 6.76. The highest BCUT2D eigenvalue weighted by atomic mass is 16.5. The molecule has 5 heteroatoms. The van der Waals surface area contributed by atoms with Crippen molar-refractivity contribution >= 4 is 0 Å². The highest BCUT2D eigenvalue weighted by molar-refractivity contribution is 5.07. The minimum absolute atomic E-state index is 0.0803. The third kappa shape index (κ3) is 3.27. The van der Waals surface area contributed by atoms with Gasteiger partial charge in [-0.2, -0.15) is 0 Å². The molecule has 1 rings (SSSR count). The molecule has 5 nitrogen and oxygen atoms in total. The van der Waals surface area contributed by atoms with Gasteiger partial charge in [0.1, 0.15) is 6.10 Å². The van der Waals surface area contributed by atoms with E-state index >= 15 is 0 Å². The number of methoxy groups -OCH3 is 1. The van der Waals surface area contributed by atoms with Gasteiger partial charge in [-0.25, -0.2) is 4.98 Å². The Balaban J connectivity index is 2.57. The molecule has 0 aliphatic heterocycles. The first-order valence-corrected chi connectivity index (χ1v) is 4.33. The van der Waals surface area contributed by atoms with Gasteiger partial charge in [0, 0.05) is 7.11 Å². The van der Waals surface area contributed by atoms with E-state index in [1.807, 2.05) is 6.92 Å². The van der Waals surface area contributed by atoms with Crippen LogP contribution in [0.25, 0.3) is 0 Å². The maximum Gasteiger partial charge on any atom is 0.232 e. The lowest BCUT2D eigenvalue weighted by molar-refractivity contribution is 0.0882. The fraction of sp³-hybridized carbons (Fsp3) is 0.556. The van der Waals surface area contributed by atoms with Gasteiger partial charge >= 0.3 is 0 Å². The molecule has 0 bridgehead atoms. The van der Waals surface area contributed by atoms with E-state index in [2.05, 4.69) is 9.97 Å². The zero-order chi connectivity index (χ0) is 10.4. The molecule has 0 fully saturated rings. The molecule has 1 heterocycles. The summed E-state index contributed by atoms with van der Waals surface area (Å²) in [4.78, 5) is 7.90. The molecule has 1 aromatic heterocycles. The normalized spacial score (nSPS) is 12.5. The minimum Gasteiger partial charge on any atom is -0.471 e. The van der Waals surface area contributed by atoms with E-state index in [9.17, 15) is 0 Å². The Hall–Kier alpha value is -1.20. The molecule has 1 atom stereocenters. The van der Waals surface area contributed by atoms with Gasteiger partial charge in [0.15, 0.2) is 0 Å². The molecular formula is C9H14N2O3. The van der Waals surface area contributed by atoms with Crippen molar-refractivity contribution in [3.05, 3.63) is 18.1 Å². The summed E-state index contributed by atoms with van der Waals surface area (Å²) in [6.45, 7) is 2.23. The number of aromatic nitrogens is 2. The Kier molecular flexibility index (Phi) is 4.28. The van der Waals surface area contributed by atoms with Crippen LogP contribution in [0.2, 0.25) is 0 Å². The van der Waals surface area contributed by atoms with Crippen LogP contribution >= 0.6 is 0 Å². The number of hydrogen-bond acceptors (Lipinski definition) is 5. The summed E-state index contributed by atoms with van der Waals surface area (Å²) in [5.74, 6) is 0.404. The number of hydrogen-bond donors (Lipinski definition) is 1. The molecule has 0 amide bonds. The van der Waals surface area contributed by atoms with Crippen molar-refractivity contribution in [2.75, 3.05) is 13.7 Å². The average molecular weight is 198 g/mol. The Morgan fingerprint density at radius 2 is 2.29 bits per heavy atom. The number of aliphatic hydroxyl groups is 1. The largest absolute Gasteiger partial charge is 0.471 e. The van der Waals surface area contributed by atoms with E-state index in [4.69, 9.17) is 14.6 Å². The standard InChI is InChI=1S/C9H14N2O3/c1-7(6-13-2)14-9-4-10-3-8(5-12)11-9/h3-4,7,12H,5-6H2,1-2H3. The SMILES string of the molecule is COCC(C)Oc1cncc(CO)n1. The van der Waals surface area contributed by atoms with E-state index in [-0.39, 0.29) is 12.7 Å². The van der Waals surface area contributed by atoms with Crippen LogP contribution in [0.4, 0.5) is 0 Å². The lowest BCUT2D eigenvalue weighted by Gasteiger charge is -2.12. The molecule has 0 aliphatic carbocycles. The molecule has 0 spiro atoms. The van der Waals surface area contributed by atoms with Crippen molar-refractivity contribution in [2.24, 2.45) is 0 Å². The topological polar surface area (TPSA) is 64.5 Å². The van der Waals surface area contributed by atoms with Crippen molar-refractivity contribution in [1.29, 1.82) is 0 Å². The Bertz CT molecular complexity index is 281. The molecule has 0 saturated carbocycles. The Morgan fingerprint density at radius 1 is 1.50 bits per heavy atom. The van der Waals surface area contributed by atoms with Crippen LogP contribution in [-0.4, -0.2) is 34.9 Å². The Labute approximate surface area is 82.7 Å². The van der Waals surface area contributed by atoms with Gasteiger partial charge in [-0.3, -0.25) is 4.98 Å². The van der Waals surface area contributed by atoms with Gasteiger partial charge < -0.3 is 14.6 Å². The van der Waals surface area contributed by atoms with Gasteiger partial charge in [-0.05, 0) is 6.92 Å². The molecule has 78 valence electrons. The summed E-state index contributed by atoms with van der Waals surface area (Å²) < 4.78 is 10.3. The maximum absolute atomic E-state index is 8.82. The quantitative estimate of drug-likeness (QED) is 0.741. The van der Waals surface area contributed by atoms with Crippen LogP contribution in [0.15, 0.2) is 12.4 Å². The van der Waals surface area contributed by atoms with Gasteiger partial charge in [0.25, 0.3) is 0 Å². The highest BCUT2D eigenvalue weighted by Gasteiger charge is 2.05. The lowest BCUT2D eigenvalue weighted by atomic mass is 10.4. The van der Waals surface area contributed by atoms with Gasteiger partial charge in [-0.1, -0.05) is 0 Å². The maximum atomic E-state index is 8.82. The van der Waals surface area contributed by atoms with Gasteiger partial charge in [0.05, 0.1) is 31.3 Å². The molecule has 14 heavy (non-hydrogen) atoms. The van der Waals surface area contributed by atoms with Crippen molar-refractivity contribution in [3.63, 3.8) is 0 Å². The number of aliphatic hydroxyl groups excluding tert-OH is 1. The molecule has 1 N–H and O–H groups in total. The minimum atomic E-state index is -0.136. The van der Waals surface area contributed by atoms with Crippen LogP contribution in [0.5, 0.6) is 5.88 Å². The average Bonchev–Trinajstić information content (AvgIpc) is 2.18. The van der Waals surface area contributed by atoms with E-state index in [1.165, 1.54) is 12.4 Å². The Morgan fingerprint density at radius 3 is 2.93 bits per heavy atom. The number of ether oxygens (including phenoxy) is 2. The van der Waals surface area contributed by atoms with E-state index < -0.39 is 0 Å². The molecule has 0 radical (unpaired) electrons. The van der Waals surface area contributed by atoms with E-state index in [1.54, 1.807) is 7.11 Å². The summed E-state index contributed by atoms with van der Waals surface area (Å²) >= 11 is 0. The third-order valence-corrected chi connectivity index (χ3v) is 1.55. The zero-order valence-corrected chi connectivity index (χ0v) is 8.30. The summed E-state index contributed by atoms with van der Waals surface area (Å²) in [5.41, 5.74) is 0.493. The first-order valence-electron chi connectivity index (χ1n) is 4.33. The van der Waals surface area contributed by atoms with Crippen LogP contribution in [0.3, 0.4) is 0 Å². The summed E-state index contributed by atoms with van der Waals surface area (Å²) in [7, 11) is 1.61. The van der Waals surface area contributed by atoms with E-state index in [0.717, 1.165) is 0 Å². The fourth-order valence-electron chi connectivity index (χ4n) is 0.994. The van der Waals surface area contributed by atoms with Crippen LogP contribution in [0, 0.1) is 0 Å².